The summed E-state index contributed by atoms with van der Waals surface area (Å²) in [5, 5.41) is 0. The molecule has 2 saturated heterocycles. The van der Waals surface area contributed by atoms with Gasteiger partial charge in [0.15, 0.2) is 30.7 Å². The molecule has 2 fully saturated rings. The van der Waals surface area contributed by atoms with E-state index < -0.39 is 104 Å². The zero-order chi connectivity index (χ0) is 31.0. The molecule has 0 spiro atoms. The Bertz CT molecular complexity index is 986. The van der Waals surface area contributed by atoms with Crippen molar-refractivity contribution in [3.05, 3.63) is 0 Å². The zero-order valence-corrected chi connectivity index (χ0v) is 23.9. The lowest BCUT2D eigenvalue weighted by Gasteiger charge is -2.48. The molecule has 2 heterocycles. The van der Waals surface area contributed by atoms with Gasteiger partial charge in [0.25, 0.3) is 0 Å². The quantitative estimate of drug-likeness (QED) is 0.266. The minimum atomic E-state index is -1.70. The molecule has 0 unspecified atom stereocenters. The van der Waals surface area contributed by atoms with Gasteiger partial charge in [0.2, 0.25) is 6.29 Å². The summed E-state index contributed by atoms with van der Waals surface area (Å²) in [4.78, 5) is 71.5. The fourth-order valence-electron chi connectivity index (χ4n) is 4.67. The second-order valence-electron chi connectivity index (χ2n) is 9.49. The van der Waals surface area contributed by atoms with E-state index in [1.54, 1.807) is 6.92 Å². The number of nitrogens with two attached hydrogens (primary N) is 1. The van der Waals surface area contributed by atoms with Crippen LogP contribution in [0.4, 0.5) is 4.79 Å². The Morgan fingerprint density at radius 3 is 1.61 bits per heavy atom. The van der Waals surface area contributed by atoms with Crippen molar-refractivity contribution in [1.82, 2.24) is 0 Å². The number of carbonyl (C=O) groups is 6. The third kappa shape index (κ3) is 9.54. The molecule has 2 rings (SSSR count). The highest BCUT2D eigenvalue weighted by molar-refractivity contribution is 5.69. The maximum Gasteiger partial charge on any atom is 0.405 e. The summed E-state index contributed by atoms with van der Waals surface area (Å²) in [5.41, 5.74) is 5.28. The summed E-state index contributed by atoms with van der Waals surface area (Å²) >= 11 is 0. The van der Waals surface area contributed by atoms with Crippen LogP contribution in [0, 0.1) is 5.92 Å². The lowest BCUT2D eigenvalue weighted by molar-refractivity contribution is -0.356. The molecule has 2 N–H and O–H groups in total. The third-order valence-electron chi connectivity index (χ3n) is 6.18. The van der Waals surface area contributed by atoms with Gasteiger partial charge in [-0.15, -0.1) is 0 Å². The molecule has 232 valence electrons. The molecule has 0 aromatic heterocycles. The van der Waals surface area contributed by atoms with Crippen molar-refractivity contribution in [2.24, 2.45) is 11.7 Å². The Morgan fingerprint density at radius 2 is 1.12 bits per heavy atom. The van der Waals surface area contributed by atoms with E-state index in [4.69, 9.17) is 48.4 Å². The Kier molecular flexibility index (Phi) is 12.3. The maximum absolute atomic E-state index is 12.1. The number of carbonyl (C=O) groups excluding carboxylic acids is 6. The highest BCUT2D eigenvalue weighted by Crippen LogP contribution is 2.36. The van der Waals surface area contributed by atoms with E-state index in [0.717, 1.165) is 27.7 Å². The molecule has 0 aliphatic carbocycles. The first-order valence-electron chi connectivity index (χ1n) is 12.9. The fourth-order valence-corrected chi connectivity index (χ4v) is 4.67. The smallest absolute Gasteiger partial charge is 0.405 e. The monoisotopic (exact) mass is 591 g/mol. The number of hydrogen-bond donors (Lipinski definition) is 1. The minimum absolute atomic E-state index is 0.458. The van der Waals surface area contributed by atoms with E-state index in [2.05, 4.69) is 0 Å². The topological polar surface area (TPSA) is 212 Å². The second-order valence-corrected chi connectivity index (χ2v) is 9.49. The van der Waals surface area contributed by atoms with Crippen molar-refractivity contribution in [2.75, 3.05) is 6.61 Å². The Hall–Kier alpha value is -3.50. The number of hydrogen-bond acceptors (Lipinski definition) is 15. The molecule has 0 saturated carbocycles. The molecule has 16 heteroatoms. The average Bonchev–Trinajstić information content (AvgIpc) is 2.83. The summed E-state index contributed by atoms with van der Waals surface area (Å²) in [6, 6.07) is 0. The van der Waals surface area contributed by atoms with Gasteiger partial charge >= 0.3 is 35.9 Å². The standard InChI is InChI=1S/C25H37NO15/c1-8-16-10(2)18(34-12(4)28)21(23(38-16)37-15(7)31)40-24-22(41-25(26)32)20(36-14(6)30)19(35-13(5)29)17(39-24)9-33-11(3)27/h10,16-24H,8-9H2,1-7H3,(H2,26,32)/t10-,16+,17-,18+,19-,20+,21+,22+,23+,24-/m1/s1. The van der Waals surface area contributed by atoms with Crippen LogP contribution in [0.1, 0.15) is 54.9 Å². The molecule has 0 aromatic rings. The van der Waals surface area contributed by atoms with Crippen LogP contribution in [0.5, 0.6) is 0 Å². The molecular formula is C25H37NO15. The van der Waals surface area contributed by atoms with Gasteiger partial charge in [-0.05, 0) is 6.42 Å². The first-order chi connectivity index (χ1) is 19.1. The van der Waals surface area contributed by atoms with E-state index in [0.29, 0.717) is 6.42 Å². The van der Waals surface area contributed by atoms with Gasteiger partial charge in [0.05, 0.1) is 6.10 Å². The molecule has 2 aliphatic heterocycles. The highest BCUT2D eigenvalue weighted by atomic mass is 16.8. The first kappa shape index (κ1) is 33.7. The van der Waals surface area contributed by atoms with Crippen molar-refractivity contribution in [3.63, 3.8) is 0 Å². The van der Waals surface area contributed by atoms with Crippen LogP contribution in [-0.2, 0) is 66.6 Å². The average molecular weight is 592 g/mol. The maximum atomic E-state index is 12.1. The van der Waals surface area contributed by atoms with Crippen molar-refractivity contribution < 1.29 is 71.4 Å². The van der Waals surface area contributed by atoms with Gasteiger partial charge in [-0.3, -0.25) is 24.0 Å². The van der Waals surface area contributed by atoms with Crippen LogP contribution in [0.25, 0.3) is 0 Å². The summed E-state index contributed by atoms with van der Waals surface area (Å²) in [6.45, 7) is 8.58. The second kappa shape index (κ2) is 14.9. The molecule has 1 amide bonds. The molecule has 0 radical (unpaired) electrons. The van der Waals surface area contributed by atoms with Gasteiger partial charge in [-0.2, -0.15) is 0 Å². The molecule has 0 bridgehead atoms. The minimum Gasteiger partial charge on any atom is -0.463 e. The van der Waals surface area contributed by atoms with E-state index in [-0.39, 0.29) is 0 Å². The molecule has 2 aliphatic rings. The van der Waals surface area contributed by atoms with Crippen LogP contribution >= 0.6 is 0 Å². The first-order valence-corrected chi connectivity index (χ1v) is 12.9. The summed E-state index contributed by atoms with van der Waals surface area (Å²) in [7, 11) is 0. The SMILES string of the molecule is CC[C@@H]1O[C@H](OC(C)=O)[C@@H](O[C@H]2O[C@H](COC(C)=O)[C@@H](OC(C)=O)[C@H](OC(C)=O)[C@@H]2OC(N)=O)[C@@H](OC(C)=O)[C@@H]1C. The molecular weight excluding hydrogens is 554 g/mol. The van der Waals surface area contributed by atoms with Gasteiger partial charge in [-0.25, -0.2) is 4.79 Å². The van der Waals surface area contributed by atoms with Crippen molar-refractivity contribution in [2.45, 2.75) is 110 Å². The molecule has 0 aromatic carbocycles. The number of ether oxygens (including phenoxy) is 9. The lowest BCUT2D eigenvalue weighted by atomic mass is 9.88. The van der Waals surface area contributed by atoms with Crippen LogP contribution < -0.4 is 5.73 Å². The fraction of sp³-hybridized carbons (Fsp3) is 0.760. The Morgan fingerprint density at radius 1 is 0.610 bits per heavy atom. The van der Waals surface area contributed by atoms with Gasteiger partial charge in [0.1, 0.15) is 18.8 Å². The van der Waals surface area contributed by atoms with Crippen LogP contribution in [-0.4, -0.2) is 97.9 Å². The summed E-state index contributed by atoms with van der Waals surface area (Å²) in [6.07, 6.45) is -13.0. The van der Waals surface area contributed by atoms with Gasteiger partial charge in [0, 0.05) is 40.5 Å². The zero-order valence-electron chi connectivity index (χ0n) is 23.9. The van der Waals surface area contributed by atoms with Crippen molar-refractivity contribution >= 4 is 35.9 Å². The predicted octanol–water partition coefficient (Wildman–Crippen LogP) is 0.253. The van der Waals surface area contributed by atoms with E-state index in [9.17, 15) is 28.8 Å². The Labute approximate surface area is 236 Å². The predicted molar refractivity (Wildman–Crippen MR) is 131 cm³/mol. The van der Waals surface area contributed by atoms with Crippen LogP contribution in [0.2, 0.25) is 0 Å². The molecule has 10 atom stereocenters. The van der Waals surface area contributed by atoms with Crippen LogP contribution in [0.15, 0.2) is 0 Å². The van der Waals surface area contributed by atoms with E-state index >= 15 is 0 Å². The van der Waals surface area contributed by atoms with Gasteiger partial charge < -0.3 is 48.4 Å². The number of amides is 1. The van der Waals surface area contributed by atoms with Crippen molar-refractivity contribution in [1.29, 1.82) is 0 Å². The largest absolute Gasteiger partial charge is 0.463 e. The van der Waals surface area contributed by atoms with Crippen molar-refractivity contribution in [3.8, 4) is 0 Å². The van der Waals surface area contributed by atoms with E-state index in [1.165, 1.54) is 6.92 Å². The molecule has 41 heavy (non-hydrogen) atoms. The summed E-state index contributed by atoms with van der Waals surface area (Å²) < 4.78 is 49.8. The third-order valence-corrected chi connectivity index (χ3v) is 6.18. The number of rotatable bonds is 10. The van der Waals surface area contributed by atoms with Gasteiger partial charge in [-0.1, -0.05) is 13.8 Å². The normalized spacial score (nSPS) is 33.0. The van der Waals surface area contributed by atoms with E-state index in [1.807, 2.05) is 6.92 Å². The summed E-state index contributed by atoms with van der Waals surface area (Å²) in [5.74, 6) is -4.32. The highest BCUT2D eigenvalue weighted by Gasteiger charge is 2.56. The number of esters is 5. The lowest BCUT2D eigenvalue weighted by Crippen LogP contribution is -2.66. The van der Waals surface area contributed by atoms with Crippen LogP contribution in [0.3, 0.4) is 0 Å². The number of primary amides is 1. The molecule has 16 nitrogen and oxygen atoms in total. The Balaban J connectivity index is 2.61.